The number of rotatable bonds is 2. The standard InChI is InChI=1S/C17H9BrF3NO3/c18-13-4-2-1-3-11(13)16(24)22-9-5-6-10-12(17(19,20)21)8-15(23)25-14(10)7-9/h1-8H,(H,22,24). The summed E-state index contributed by atoms with van der Waals surface area (Å²) in [6, 6.07) is 10.7. The molecule has 0 aliphatic carbocycles. The highest BCUT2D eigenvalue weighted by atomic mass is 79.9. The SMILES string of the molecule is O=C(Nc1ccc2c(C(F)(F)F)cc(=O)oc2c1)c1ccccc1Br. The summed E-state index contributed by atoms with van der Waals surface area (Å²) in [4.78, 5) is 23.6. The van der Waals surface area contributed by atoms with Crippen LogP contribution in [0.1, 0.15) is 15.9 Å². The van der Waals surface area contributed by atoms with Crippen molar-refractivity contribution < 1.29 is 22.4 Å². The normalized spacial score (nSPS) is 11.5. The van der Waals surface area contributed by atoms with Crippen molar-refractivity contribution in [1.29, 1.82) is 0 Å². The Bertz CT molecular complexity index is 1030. The second-order valence-electron chi connectivity index (χ2n) is 5.12. The highest BCUT2D eigenvalue weighted by Crippen LogP contribution is 2.34. The average Bonchev–Trinajstić information content (AvgIpc) is 2.53. The highest BCUT2D eigenvalue weighted by Gasteiger charge is 2.33. The molecule has 8 heteroatoms. The Kier molecular flexibility index (Phi) is 4.38. The van der Waals surface area contributed by atoms with Gasteiger partial charge in [-0.1, -0.05) is 12.1 Å². The van der Waals surface area contributed by atoms with Gasteiger partial charge in [-0.05, 0) is 40.2 Å². The van der Waals surface area contributed by atoms with Crippen LogP contribution in [0.2, 0.25) is 0 Å². The lowest BCUT2D eigenvalue weighted by atomic mass is 10.1. The fourth-order valence-electron chi connectivity index (χ4n) is 2.32. The first-order chi connectivity index (χ1) is 11.8. The number of hydrogen-bond donors (Lipinski definition) is 1. The van der Waals surface area contributed by atoms with E-state index in [-0.39, 0.29) is 16.7 Å². The molecule has 3 rings (SSSR count). The number of anilines is 1. The van der Waals surface area contributed by atoms with Crippen molar-refractivity contribution in [2.75, 3.05) is 5.32 Å². The number of nitrogens with one attached hydrogen (secondary N) is 1. The van der Waals surface area contributed by atoms with Crippen LogP contribution >= 0.6 is 15.9 Å². The molecule has 0 saturated heterocycles. The summed E-state index contributed by atoms with van der Waals surface area (Å²) in [6.07, 6.45) is -4.69. The predicted molar refractivity (Wildman–Crippen MR) is 89.6 cm³/mol. The summed E-state index contributed by atoms with van der Waals surface area (Å²) < 4.78 is 44.5. The molecule has 0 atom stereocenters. The molecule has 0 spiro atoms. The topological polar surface area (TPSA) is 59.3 Å². The Morgan fingerprint density at radius 1 is 1.08 bits per heavy atom. The summed E-state index contributed by atoms with van der Waals surface area (Å²) in [5, 5.41) is 2.30. The zero-order valence-electron chi connectivity index (χ0n) is 12.4. The quantitative estimate of drug-likeness (QED) is 0.614. The Balaban J connectivity index is 2.01. The minimum atomic E-state index is -4.69. The Hall–Kier alpha value is -2.61. The zero-order valence-corrected chi connectivity index (χ0v) is 13.9. The molecule has 2 aromatic carbocycles. The number of amides is 1. The maximum Gasteiger partial charge on any atom is 0.417 e. The Morgan fingerprint density at radius 3 is 2.48 bits per heavy atom. The van der Waals surface area contributed by atoms with Crippen molar-refractivity contribution in [3.05, 3.63) is 74.6 Å². The van der Waals surface area contributed by atoms with Crippen LogP contribution in [0.3, 0.4) is 0 Å². The van der Waals surface area contributed by atoms with Crippen LogP contribution in [0.15, 0.2) is 62.2 Å². The molecule has 0 aliphatic heterocycles. The maximum absolute atomic E-state index is 13.0. The first-order valence-electron chi connectivity index (χ1n) is 6.97. The molecule has 0 radical (unpaired) electrons. The zero-order chi connectivity index (χ0) is 18.2. The van der Waals surface area contributed by atoms with Crippen LogP contribution in [0.5, 0.6) is 0 Å². The van der Waals surface area contributed by atoms with Gasteiger partial charge in [0.1, 0.15) is 5.58 Å². The molecule has 3 aromatic rings. The molecular formula is C17H9BrF3NO3. The summed E-state index contributed by atoms with van der Waals surface area (Å²) in [6.45, 7) is 0. The van der Waals surface area contributed by atoms with Gasteiger partial charge in [0.25, 0.3) is 5.91 Å². The minimum Gasteiger partial charge on any atom is -0.423 e. The van der Waals surface area contributed by atoms with Crippen molar-refractivity contribution in [3.8, 4) is 0 Å². The molecule has 128 valence electrons. The Morgan fingerprint density at radius 2 is 1.80 bits per heavy atom. The van der Waals surface area contributed by atoms with Crippen molar-refractivity contribution in [2.24, 2.45) is 0 Å². The van der Waals surface area contributed by atoms with E-state index in [1.807, 2.05) is 0 Å². The van der Waals surface area contributed by atoms with Gasteiger partial charge in [-0.3, -0.25) is 4.79 Å². The van der Waals surface area contributed by atoms with E-state index in [2.05, 4.69) is 21.2 Å². The van der Waals surface area contributed by atoms with E-state index in [1.54, 1.807) is 24.3 Å². The van der Waals surface area contributed by atoms with E-state index in [9.17, 15) is 22.8 Å². The van der Waals surface area contributed by atoms with Crippen molar-refractivity contribution in [1.82, 2.24) is 0 Å². The second kappa shape index (κ2) is 6.36. The summed E-state index contributed by atoms with van der Waals surface area (Å²) in [5.74, 6) is -0.457. The number of carbonyl (C=O) groups is 1. The van der Waals surface area contributed by atoms with Crippen LogP contribution < -0.4 is 10.9 Å². The lowest BCUT2D eigenvalue weighted by Gasteiger charge is -2.11. The number of fused-ring (bicyclic) bond motifs is 1. The van der Waals surface area contributed by atoms with E-state index in [0.717, 1.165) is 6.07 Å². The van der Waals surface area contributed by atoms with Gasteiger partial charge in [-0.2, -0.15) is 13.2 Å². The van der Waals surface area contributed by atoms with Gasteiger partial charge >= 0.3 is 11.8 Å². The molecule has 0 unspecified atom stereocenters. The number of benzene rings is 2. The smallest absolute Gasteiger partial charge is 0.417 e. The molecule has 1 heterocycles. The average molecular weight is 412 g/mol. The van der Waals surface area contributed by atoms with Gasteiger partial charge < -0.3 is 9.73 Å². The van der Waals surface area contributed by atoms with Gasteiger partial charge in [0.15, 0.2) is 0 Å². The third-order valence-corrected chi connectivity index (χ3v) is 4.12. The van der Waals surface area contributed by atoms with Gasteiger partial charge in [-0.15, -0.1) is 0 Å². The van der Waals surface area contributed by atoms with Crippen molar-refractivity contribution in [3.63, 3.8) is 0 Å². The van der Waals surface area contributed by atoms with Crippen molar-refractivity contribution >= 4 is 38.5 Å². The first-order valence-corrected chi connectivity index (χ1v) is 7.76. The van der Waals surface area contributed by atoms with E-state index in [0.29, 0.717) is 16.1 Å². The highest BCUT2D eigenvalue weighted by molar-refractivity contribution is 9.10. The number of alkyl halides is 3. The number of halogens is 4. The fourth-order valence-corrected chi connectivity index (χ4v) is 2.78. The summed E-state index contributed by atoms with van der Waals surface area (Å²) in [5.41, 5.74) is -1.90. The van der Waals surface area contributed by atoms with Crippen LogP contribution in [0.25, 0.3) is 11.0 Å². The molecule has 1 amide bonds. The predicted octanol–water partition coefficient (Wildman–Crippen LogP) is 4.83. The van der Waals surface area contributed by atoms with Crippen molar-refractivity contribution in [2.45, 2.75) is 6.18 Å². The molecule has 25 heavy (non-hydrogen) atoms. The molecular weight excluding hydrogens is 403 g/mol. The lowest BCUT2D eigenvalue weighted by Crippen LogP contribution is -2.13. The monoisotopic (exact) mass is 411 g/mol. The van der Waals surface area contributed by atoms with E-state index in [1.165, 1.54) is 12.1 Å². The Labute approximate surface area is 147 Å². The van der Waals surface area contributed by atoms with Gasteiger partial charge in [0.05, 0.1) is 11.1 Å². The van der Waals surface area contributed by atoms with Gasteiger partial charge in [-0.25, -0.2) is 4.79 Å². The minimum absolute atomic E-state index is 0.204. The van der Waals surface area contributed by atoms with Crippen LogP contribution in [0.4, 0.5) is 18.9 Å². The number of hydrogen-bond acceptors (Lipinski definition) is 3. The van der Waals surface area contributed by atoms with Crippen LogP contribution in [0, 0.1) is 0 Å². The lowest BCUT2D eigenvalue weighted by molar-refractivity contribution is -0.136. The van der Waals surface area contributed by atoms with Gasteiger partial charge in [0.2, 0.25) is 0 Å². The first kappa shape index (κ1) is 17.2. The van der Waals surface area contributed by atoms with E-state index in [4.69, 9.17) is 4.42 Å². The van der Waals surface area contributed by atoms with Gasteiger partial charge in [0, 0.05) is 27.7 Å². The third-order valence-electron chi connectivity index (χ3n) is 3.43. The number of carbonyl (C=O) groups excluding carboxylic acids is 1. The molecule has 0 fully saturated rings. The third kappa shape index (κ3) is 3.58. The molecule has 1 aromatic heterocycles. The van der Waals surface area contributed by atoms with E-state index >= 15 is 0 Å². The maximum atomic E-state index is 13.0. The molecule has 0 saturated carbocycles. The largest absolute Gasteiger partial charge is 0.423 e. The van der Waals surface area contributed by atoms with Crippen LogP contribution in [-0.2, 0) is 6.18 Å². The molecule has 0 bridgehead atoms. The molecule has 1 N–H and O–H groups in total. The summed E-state index contributed by atoms with van der Waals surface area (Å²) >= 11 is 3.25. The van der Waals surface area contributed by atoms with E-state index < -0.39 is 23.3 Å². The summed E-state index contributed by atoms with van der Waals surface area (Å²) in [7, 11) is 0. The second-order valence-corrected chi connectivity index (χ2v) is 5.98. The fraction of sp³-hybridized carbons (Fsp3) is 0.0588. The molecule has 0 aliphatic rings. The molecule has 4 nitrogen and oxygen atoms in total. The van der Waals surface area contributed by atoms with Crippen LogP contribution in [-0.4, -0.2) is 5.91 Å².